The molecule has 1 heterocycles. The second kappa shape index (κ2) is 5.55. The van der Waals surface area contributed by atoms with E-state index in [1.54, 1.807) is 12.1 Å². The average molecular weight is 275 g/mol. The first-order chi connectivity index (χ1) is 9.11. The highest BCUT2D eigenvalue weighted by Crippen LogP contribution is 2.22. The summed E-state index contributed by atoms with van der Waals surface area (Å²) in [6, 6.07) is 9.19. The first kappa shape index (κ1) is 13.1. The molecule has 1 aromatic heterocycles. The van der Waals surface area contributed by atoms with Gasteiger partial charge in [0.05, 0.1) is 23.5 Å². The van der Waals surface area contributed by atoms with Crippen molar-refractivity contribution in [2.45, 2.75) is 13.0 Å². The first-order valence-electron chi connectivity index (χ1n) is 5.61. The molecule has 2 aromatic rings. The number of nitrogens with one attached hydrogen (secondary N) is 2. The molecule has 6 heteroatoms. The van der Waals surface area contributed by atoms with Crippen LogP contribution in [0.2, 0.25) is 5.02 Å². The zero-order valence-corrected chi connectivity index (χ0v) is 10.9. The van der Waals surface area contributed by atoms with Crippen molar-refractivity contribution in [1.29, 1.82) is 5.26 Å². The molecule has 1 atom stereocenters. The van der Waals surface area contributed by atoms with Gasteiger partial charge in [0.25, 0.3) is 5.56 Å². The molecule has 1 aromatic carbocycles. The number of aromatic amines is 1. The van der Waals surface area contributed by atoms with Crippen LogP contribution in [0.5, 0.6) is 0 Å². The normalized spacial score (nSPS) is 11.6. The van der Waals surface area contributed by atoms with Crippen LogP contribution in [-0.2, 0) is 0 Å². The highest BCUT2D eigenvalue weighted by atomic mass is 35.5. The molecule has 0 aliphatic carbocycles. The highest BCUT2D eigenvalue weighted by molar-refractivity contribution is 6.32. The second-order valence-corrected chi connectivity index (χ2v) is 4.40. The van der Waals surface area contributed by atoms with Crippen LogP contribution in [0.4, 0.5) is 5.69 Å². The summed E-state index contributed by atoms with van der Waals surface area (Å²) >= 11 is 5.88. The lowest BCUT2D eigenvalue weighted by molar-refractivity contribution is 0.874. The number of hydrogen-bond acceptors (Lipinski definition) is 4. The topological polar surface area (TPSA) is 81.6 Å². The lowest BCUT2D eigenvalue weighted by Crippen LogP contribution is -2.14. The van der Waals surface area contributed by atoms with Gasteiger partial charge in [-0.25, -0.2) is 5.10 Å². The van der Waals surface area contributed by atoms with E-state index in [0.717, 1.165) is 5.56 Å². The Labute approximate surface area is 114 Å². The molecule has 0 saturated heterocycles. The highest BCUT2D eigenvalue weighted by Gasteiger charge is 2.10. The van der Waals surface area contributed by atoms with Crippen LogP contribution in [0, 0.1) is 11.3 Å². The second-order valence-electron chi connectivity index (χ2n) is 4.03. The Bertz CT molecular complexity index is 672. The van der Waals surface area contributed by atoms with Gasteiger partial charge in [-0.3, -0.25) is 4.79 Å². The third-order valence-electron chi connectivity index (χ3n) is 2.71. The predicted octanol–water partition coefficient (Wildman–Crippen LogP) is 2.47. The quantitative estimate of drug-likeness (QED) is 0.901. The Morgan fingerprint density at radius 1 is 1.42 bits per heavy atom. The smallest absolute Gasteiger partial charge is 0.285 e. The summed E-state index contributed by atoms with van der Waals surface area (Å²) in [5.74, 6) is 0. The Kier molecular flexibility index (Phi) is 3.83. The van der Waals surface area contributed by atoms with Gasteiger partial charge in [0, 0.05) is 6.04 Å². The number of hydrogen-bond donors (Lipinski definition) is 2. The largest absolute Gasteiger partial charge is 0.376 e. The van der Waals surface area contributed by atoms with Crippen molar-refractivity contribution in [1.82, 2.24) is 10.2 Å². The molecule has 96 valence electrons. The number of aromatic nitrogens is 2. The average Bonchev–Trinajstić information content (AvgIpc) is 2.44. The Hall–Kier alpha value is -2.32. The molecule has 0 amide bonds. The van der Waals surface area contributed by atoms with E-state index >= 15 is 0 Å². The summed E-state index contributed by atoms with van der Waals surface area (Å²) in [5.41, 5.74) is 1.63. The number of nitrogens with zero attached hydrogens (tertiary/aromatic N) is 2. The molecule has 2 N–H and O–H groups in total. The van der Waals surface area contributed by atoms with Gasteiger partial charge in [-0.15, -0.1) is 0 Å². The minimum Gasteiger partial charge on any atom is -0.376 e. The van der Waals surface area contributed by atoms with E-state index in [1.807, 2.05) is 19.1 Å². The van der Waals surface area contributed by atoms with Crippen LogP contribution < -0.4 is 10.9 Å². The number of H-pyrrole nitrogens is 1. The van der Waals surface area contributed by atoms with Crippen molar-refractivity contribution < 1.29 is 0 Å². The molecular formula is C13H11ClN4O. The summed E-state index contributed by atoms with van der Waals surface area (Å²) in [5, 5.41) is 17.9. The maximum Gasteiger partial charge on any atom is 0.285 e. The van der Waals surface area contributed by atoms with Crippen LogP contribution >= 0.6 is 11.6 Å². The summed E-state index contributed by atoms with van der Waals surface area (Å²) in [6.07, 6.45) is 1.46. The number of nitriles is 1. The van der Waals surface area contributed by atoms with E-state index in [-0.39, 0.29) is 11.1 Å². The minimum absolute atomic E-state index is 0.0613. The van der Waals surface area contributed by atoms with Crippen LogP contribution in [0.1, 0.15) is 24.1 Å². The Morgan fingerprint density at radius 2 is 2.11 bits per heavy atom. The van der Waals surface area contributed by atoms with Crippen molar-refractivity contribution in [2.75, 3.05) is 5.32 Å². The third kappa shape index (κ3) is 2.92. The molecule has 19 heavy (non-hydrogen) atoms. The fourth-order valence-electron chi connectivity index (χ4n) is 1.65. The SMILES string of the molecule is CC(Nc1cn[nH]c(=O)c1Cl)c1ccc(C#N)cc1. The van der Waals surface area contributed by atoms with Crippen LogP contribution in [0.25, 0.3) is 0 Å². The van der Waals surface area contributed by atoms with Gasteiger partial charge in [-0.1, -0.05) is 23.7 Å². The Balaban J connectivity index is 2.21. The summed E-state index contributed by atoms with van der Waals surface area (Å²) in [7, 11) is 0. The molecule has 5 nitrogen and oxygen atoms in total. The van der Waals surface area contributed by atoms with Gasteiger partial charge in [-0.05, 0) is 24.6 Å². The van der Waals surface area contributed by atoms with E-state index in [2.05, 4.69) is 21.6 Å². The lowest BCUT2D eigenvalue weighted by atomic mass is 10.1. The van der Waals surface area contributed by atoms with Crippen LogP contribution in [0.3, 0.4) is 0 Å². The third-order valence-corrected chi connectivity index (χ3v) is 3.08. The van der Waals surface area contributed by atoms with Gasteiger partial charge in [-0.2, -0.15) is 10.4 Å². The first-order valence-corrected chi connectivity index (χ1v) is 5.99. The predicted molar refractivity (Wildman–Crippen MR) is 73.1 cm³/mol. The maximum absolute atomic E-state index is 11.3. The number of rotatable bonds is 3. The monoisotopic (exact) mass is 274 g/mol. The van der Waals surface area contributed by atoms with Crippen molar-refractivity contribution >= 4 is 17.3 Å². The molecule has 0 aliphatic heterocycles. The van der Waals surface area contributed by atoms with Gasteiger partial charge < -0.3 is 5.32 Å². The zero-order valence-electron chi connectivity index (χ0n) is 10.1. The minimum atomic E-state index is -0.432. The maximum atomic E-state index is 11.3. The van der Waals surface area contributed by atoms with Crippen LogP contribution in [-0.4, -0.2) is 10.2 Å². The van der Waals surface area contributed by atoms with E-state index in [0.29, 0.717) is 11.3 Å². The van der Waals surface area contributed by atoms with E-state index < -0.39 is 5.56 Å². The number of anilines is 1. The fourth-order valence-corrected chi connectivity index (χ4v) is 1.79. The molecule has 0 saturated carbocycles. The van der Waals surface area contributed by atoms with Crippen molar-refractivity contribution in [3.05, 3.63) is 57.0 Å². The summed E-state index contributed by atoms with van der Waals surface area (Å²) in [4.78, 5) is 11.3. The molecule has 0 fully saturated rings. The molecule has 1 unspecified atom stereocenters. The van der Waals surface area contributed by atoms with Gasteiger partial charge in [0.2, 0.25) is 0 Å². The van der Waals surface area contributed by atoms with Gasteiger partial charge >= 0.3 is 0 Å². The molecule has 0 aliphatic rings. The van der Waals surface area contributed by atoms with Crippen LogP contribution in [0.15, 0.2) is 35.3 Å². The fraction of sp³-hybridized carbons (Fsp3) is 0.154. The lowest BCUT2D eigenvalue weighted by Gasteiger charge is -2.15. The van der Waals surface area contributed by atoms with E-state index in [1.165, 1.54) is 6.20 Å². The van der Waals surface area contributed by atoms with Crippen molar-refractivity contribution in [3.63, 3.8) is 0 Å². The molecular weight excluding hydrogens is 264 g/mol. The standard InChI is InChI=1S/C13H11ClN4O/c1-8(10-4-2-9(6-15)3-5-10)17-11-7-16-18-13(19)12(11)14/h2-5,7-8H,1H3,(H2,17,18,19). The number of benzene rings is 1. The molecule has 0 spiro atoms. The van der Waals surface area contributed by atoms with Gasteiger partial charge in [0.1, 0.15) is 5.02 Å². The molecule has 0 bridgehead atoms. The van der Waals surface area contributed by atoms with E-state index in [9.17, 15) is 4.79 Å². The number of halogens is 1. The summed E-state index contributed by atoms with van der Waals surface area (Å²) in [6.45, 7) is 1.93. The molecule has 2 rings (SSSR count). The van der Waals surface area contributed by atoms with E-state index in [4.69, 9.17) is 16.9 Å². The zero-order chi connectivity index (χ0) is 13.8. The molecule has 0 radical (unpaired) electrons. The summed E-state index contributed by atoms with van der Waals surface area (Å²) < 4.78 is 0. The van der Waals surface area contributed by atoms with Gasteiger partial charge in [0.15, 0.2) is 0 Å². The Morgan fingerprint density at radius 3 is 2.74 bits per heavy atom. The van der Waals surface area contributed by atoms with Crippen molar-refractivity contribution in [3.8, 4) is 6.07 Å². The van der Waals surface area contributed by atoms with Crippen molar-refractivity contribution in [2.24, 2.45) is 0 Å².